The van der Waals surface area contributed by atoms with Crippen LogP contribution in [0.5, 0.6) is 5.75 Å². The summed E-state index contributed by atoms with van der Waals surface area (Å²) in [5.41, 5.74) is 0.0430. The first-order valence-electron chi connectivity index (χ1n) is 8.70. The third-order valence-corrected chi connectivity index (χ3v) is 4.61. The number of ether oxygens (including phenoxy) is 2. The third-order valence-electron chi connectivity index (χ3n) is 4.61. The highest BCUT2D eigenvalue weighted by molar-refractivity contribution is 6.05. The van der Waals surface area contributed by atoms with E-state index in [1.807, 2.05) is 4.68 Å². The van der Waals surface area contributed by atoms with Gasteiger partial charge in [0.2, 0.25) is 0 Å². The fraction of sp³-hybridized carbons (Fsp3) is 0.316. The molecule has 2 aromatic heterocycles. The Morgan fingerprint density at radius 1 is 1.33 bits per heavy atom. The van der Waals surface area contributed by atoms with Crippen molar-refractivity contribution in [1.29, 1.82) is 0 Å². The summed E-state index contributed by atoms with van der Waals surface area (Å²) in [6, 6.07) is 6.96. The van der Waals surface area contributed by atoms with Gasteiger partial charge in [0, 0.05) is 24.8 Å². The number of carbonyl (C=O) groups excluding carboxylic acids is 1. The molecule has 0 bridgehead atoms. The number of fused-ring (bicyclic) bond motifs is 1. The van der Waals surface area contributed by atoms with E-state index in [0.29, 0.717) is 35.6 Å². The summed E-state index contributed by atoms with van der Waals surface area (Å²) in [6.45, 7) is 1.40. The minimum atomic E-state index is -0.721. The number of nitrogens with one attached hydrogen (secondary N) is 1. The van der Waals surface area contributed by atoms with Crippen LogP contribution < -0.4 is 15.7 Å². The van der Waals surface area contributed by atoms with Gasteiger partial charge in [-0.3, -0.25) is 9.48 Å². The van der Waals surface area contributed by atoms with Crippen LogP contribution in [0.15, 0.2) is 45.9 Å². The molecule has 8 nitrogen and oxygen atoms in total. The fourth-order valence-corrected chi connectivity index (χ4v) is 3.19. The molecular formula is C19H19N3O5. The maximum Gasteiger partial charge on any atom is 0.349 e. The van der Waals surface area contributed by atoms with Crippen molar-refractivity contribution in [2.24, 2.45) is 0 Å². The molecule has 1 aliphatic rings. The van der Waals surface area contributed by atoms with Crippen LogP contribution >= 0.6 is 0 Å². The number of hydrogen-bond donors (Lipinski definition) is 1. The van der Waals surface area contributed by atoms with Crippen molar-refractivity contribution in [2.75, 3.05) is 25.6 Å². The summed E-state index contributed by atoms with van der Waals surface area (Å²) < 4.78 is 17.7. The summed E-state index contributed by atoms with van der Waals surface area (Å²) >= 11 is 0. The van der Waals surface area contributed by atoms with E-state index in [4.69, 9.17) is 13.9 Å². The number of anilines is 1. The number of aromatic nitrogens is 2. The lowest BCUT2D eigenvalue weighted by molar-refractivity contribution is 0.0662. The van der Waals surface area contributed by atoms with E-state index in [1.165, 1.54) is 13.2 Å². The maximum absolute atomic E-state index is 12.6. The lowest BCUT2D eigenvalue weighted by atomic mass is 10.1. The number of rotatable bonds is 4. The van der Waals surface area contributed by atoms with Crippen molar-refractivity contribution in [2.45, 2.75) is 18.9 Å². The van der Waals surface area contributed by atoms with Crippen LogP contribution in [0.4, 0.5) is 5.69 Å². The van der Waals surface area contributed by atoms with Crippen LogP contribution in [0.25, 0.3) is 11.0 Å². The first-order valence-corrected chi connectivity index (χ1v) is 8.70. The maximum atomic E-state index is 12.6. The summed E-state index contributed by atoms with van der Waals surface area (Å²) in [6.07, 6.45) is 5.09. The van der Waals surface area contributed by atoms with Gasteiger partial charge in [-0.15, -0.1) is 0 Å². The second-order valence-corrected chi connectivity index (χ2v) is 6.33. The van der Waals surface area contributed by atoms with Crippen molar-refractivity contribution < 1.29 is 18.7 Å². The second-order valence-electron chi connectivity index (χ2n) is 6.33. The van der Waals surface area contributed by atoms with Crippen LogP contribution in [0.1, 0.15) is 29.2 Å². The molecule has 1 amide bonds. The van der Waals surface area contributed by atoms with Gasteiger partial charge >= 0.3 is 5.63 Å². The lowest BCUT2D eigenvalue weighted by Crippen LogP contribution is -2.21. The van der Waals surface area contributed by atoms with Gasteiger partial charge in [-0.25, -0.2) is 4.79 Å². The number of para-hydroxylation sites is 1. The quantitative estimate of drug-likeness (QED) is 0.710. The van der Waals surface area contributed by atoms with E-state index >= 15 is 0 Å². The Bertz CT molecular complexity index is 1030. The number of carbonyl (C=O) groups is 1. The number of amides is 1. The summed E-state index contributed by atoms with van der Waals surface area (Å²) in [4.78, 5) is 24.8. The Labute approximate surface area is 154 Å². The molecule has 3 heterocycles. The molecule has 0 aliphatic carbocycles. The first kappa shape index (κ1) is 17.3. The van der Waals surface area contributed by atoms with E-state index in [0.717, 1.165) is 12.8 Å². The number of nitrogens with zero attached hydrogens (tertiary/aromatic N) is 2. The molecule has 0 atom stereocenters. The van der Waals surface area contributed by atoms with Gasteiger partial charge in [-0.2, -0.15) is 5.10 Å². The smallest absolute Gasteiger partial charge is 0.349 e. The van der Waals surface area contributed by atoms with E-state index in [-0.39, 0.29) is 11.6 Å². The normalized spacial score (nSPS) is 15.0. The zero-order chi connectivity index (χ0) is 18.8. The Balaban J connectivity index is 1.57. The van der Waals surface area contributed by atoms with Crippen molar-refractivity contribution >= 4 is 22.6 Å². The van der Waals surface area contributed by atoms with Crippen LogP contribution in [-0.4, -0.2) is 36.0 Å². The SMILES string of the molecule is COc1cccc2cc(C(=O)Nc3cnn(C4CCOCC4)c3)c(=O)oc12. The van der Waals surface area contributed by atoms with Crippen LogP contribution in [0, 0.1) is 0 Å². The first-order chi connectivity index (χ1) is 13.2. The van der Waals surface area contributed by atoms with E-state index < -0.39 is 11.5 Å². The highest BCUT2D eigenvalue weighted by atomic mass is 16.5. The van der Waals surface area contributed by atoms with E-state index in [9.17, 15) is 9.59 Å². The molecule has 1 aliphatic heterocycles. The van der Waals surface area contributed by atoms with Crippen LogP contribution in [0.2, 0.25) is 0 Å². The average molecular weight is 369 g/mol. The topological polar surface area (TPSA) is 95.6 Å². The van der Waals surface area contributed by atoms with Crippen LogP contribution in [0.3, 0.4) is 0 Å². The average Bonchev–Trinajstić information content (AvgIpc) is 3.16. The standard InChI is InChI=1S/C19H19N3O5/c1-25-16-4-2-3-12-9-15(19(24)27-17(12)16)18(23)21-13-10-20-22(11-13)14-5-7-26-8-6-14/h2-4,9-11,14H,5-8H2,1H3,(H,21,23). The molecule has 0 unspecified atom stereocenters. The molecule has 0 spiro atoms. The second kappa shape index (κ2) is 7.24. The van der Waals surface area contributed by atoms with Gasteiger partial charge in [0.25, 0.3) is 5.91 Å². The molecule has 1 saturated heterocycles. The minimum Gasteiger partial charge on any atom is -0.493 e. The van der Waals surface area contributed by atoms with Crippen molar-refractivity contribution in [3.63, 3.8) is 0 Å². The zero-order valence-corrected chi connectivity index (χ0v) is 14.8. The van der Waals surface area contributed by atoms with E-state index in [2.05, 4.69) is 10.4 Å². The number of hydrogen-bond acceptors (Lipinski definition) is 6. The van der Waals surface area contributed by atoms with Gasteiger partial charge < -0.3 is 19.2 Å². The van der Waals surface area contributed by atoms with E-state index in [1.54, 1.807) is 30.6 Å². The van der Waals surface area contributed by atoms with Crippen LogP contribution in [-0.2, 0) is 4.74 Å². The number of benzene rings is 1. The van der Waals surface area contributed by atoms with Gasteiger partial charge in [-0.05, 0) is 25.0 Å². The minimum absolute atomic E-state index is 0.0745. The Hall–Kier alpha value is -3.13. The Kier molecular flexibility index (Phi) is 4.64. The van der Waals surface area contributed by atoms with Gasteiger partial charge in [-0.1, -0.05) is 12.1 Å². The summed E-state index contributed by atoms with van der Waals surface area (Å²) in [5, 5.41) is 7.63. The third kappa shape index (κ3) is 3.43. The molecule has 1 fully saturated rings. The highest BCUT2D eigenvalue weighted by Crippen LogP contribution is 2.25. The molecule has 27 heavy (non-hydrogen) atoms. The largest absolute Gasteiger partial charge is 0.493 e. The predicted molar refractivity (Wildman–Crippen MR) is 98.3 cm³/mol. The molecule has 1 N–H and O–H groups in total. The lowest BCUT2D eigenvalue weighted by Gasteiger charge is -2.22. The number of methoxy groups -OCH3 is 1. The molecule has 0 radical (unpaired) electrons. The van der Waals surface area contributed by atoms with Crippen molar-refractivity contribution in [3.8, 4) is 5.75 Å². The predicted octanol–water partition coefficient (Wildman–Crippen LogP) is 2.60. The molecule has 8 heteroatoms. The molecule has 3 aromatic rings. The zero-order valence-electron chi connectivity index (χ0n) is 14.8. The highest BCUT2D eigenvalue weighted by Gasteiger charge is 2.19. The summed E-state index contributed by atoms with van der Waals surface area (Å²) in [5.74, 6) is -0.103. The van der Waals surface area contributed by atoms with Gasteiger partial charge in [0.05, 0.1) is 25.0 Å². The fourth-order valence-electron chi connectivity index (χ4n) is 3.19. The van der Waals surface area contributed by atoms with Gasteiger partial charge in [0.1, 0.15) is 5.56 Å². The Morgan fingerprint density at radius 3 is 2.93 bits per heavy atom. The molecule has 0 saturated carbocycles. The summed E-state index contributed by atoms with van der Waals surface area (Å²) in [7, 11) is 1.49. The molecule has 140 valence electrons. The van der Waals surface area contributed by atoms with Crippen molar-refractivity contribution in [3.05, 3.63) is 52.6 Å². The molecule has 1 aromatic carbocycles. The van der Waals surface area contributed by atoms with Gasteiger partial charge in [0.15, 0.2) is 11.3 Å². The monoisotopic (exact) mass is 369 g/mol. The molecular weight excluding hydrogens is 350 g/mol. The van der Waals surface area contributed by atoms with Crippen molar-refractivity contribution in [1.82, 2.24) is 9.78 Å². The Morgan fingerprint density at radius 2 is 2.15 bits per heavy atom. The molecule has 4 rings (SSSR count).